The van der Waals surface area contributed by atoms with E-state index in [0.29, 0.717) is 10.8 Å². The van der Waals surface area contributed by atoms with Gasteiger partial charge >= 0.3 is 0 Å². The van der Waals surface area contributed by atoms with Gasteiger partial charge in [0.05, 0.1) is 22.3 Å². The van der Waals surface area contributed by atoms with Gasteiger partial charge in [0.2, 0.25) is 0 Å². The number of hydrogen-bond donors (Lipinski definition) is 1. The Hall–Kier alpha value is -1.78. The molecule has 3 nitrogen and oxygen atoms in total. The number of nitrogens with zero attached hydrogens (tertiary/aromatic N) is 1. The monoisotopic (exact) mass is 304 g/mol. The van der Waals surface area contributed by atoms with Crippen molar-refractivity contribution in [3.8, 4) is 5.75 Å². The molecule has 0 aliphatic heterocycles. The van der Waals surface area contributed by atoms with Crippen molar-refractivity contribution < 1.29 is 4.74 Å². The highest BCUT2D eigenvalue weighted by molar-refractivity contribution is 7.22. The van der Waals surface area contributed by atoms with Crippen molar-refractivity contribution in [3.63, 3.8) is 0 Å². The van der Waals surface area contributed by atoms with Crippen LogP contribution in [0.5, 0.6) is 5.75 Å². The van der Waals surface area contributed by atoms with Crippen LogP contribution in [0.4, 0.5) is 10.8 Å². The van der Waals surface area contributed by atoms with Crippen LogP contribution in [-0.4, -0.2) is 12.1 Å². The second-order valence-corrected chi connectivity index (χ2v) is 5.90. The summed E-state index contributed by atoms with van der Waals surface area (Å²) in [7, 11) is 1.60. The van der Waals surface area contributed by atoms with Crippen LogP contribution in [0.3, 0.4) is 0 Å². The third kappa shape index (κ3) is 2.57. The van der Waals surface area contributed by atoms with Gasteiger partial charge in [-0.1, -0.05) is 29.0 Å². The van der Waals surface area contributed by atoms with Crippen molar-refractivity contribution in [2.24, 2.45) is 0 Å². The Morgan fingerprint density at radius 1 is 1.20 bits per heavy atom. The highest BCUT2D eigenvalue weighted by atomic mass is 35.5. The van der Waals surface area contributed by atoms with Gasteiger partial charge in [0.25, 0.3) is 0 Å². The number of benzene rings is 2. The third-order valence-corrected chi connectivity index (χ3v) is 4.19. The summed E-state index contributed by atoms with van der Waals surface area (Å²) >= 11 is 7.64. The van der Waals surface area contributed by atoms with Gasteiger partial charge in [0, 0.05) is 11.8 Å². The van der Waals surface area contributed by atoms with E-state index in [4.69, 9.17) is 16.3 Å². The zero-order chi connectivity index (χ0) is 14.1. The normalized spacial score (nSPS) is 10.8. The molecule has 0 fully saturated rings. The second-order valence-electron chi connectivity index (χ2n) is 4.46. The summed E-state index contributed by atoms with van der Waals surface area (Å²) in [6, 6.07) is 11.8. The van der Waals surface area contributed by atoms with Crippen molar-refractivity contribution in [2.45, 2.75) is 6.92 Å². The summed E-state index contributed by atoms with van der Waals surface area (Å²) in [6.07, 6.45) is 0. The Morgan fingerprint density at radius 2 is 2.05 bits per heavy atom. The van der Waals surface area contributed by atoms with Crippen molar-refractivity contribution in [3.05, 3.63) is 47.0 Å². The lowest BCUT2D eigenvalue weighted by atomic mass is 10.2. The molecule has 0 unspecified atom stereocenters. The molecule has 2 aromatic carbocycles. The quantitative estimate of drug-likeness (QED) is 0.738. The van der Waals surface area contributed by atoms with Crippen LogP contribution in [0.25, 0.3) is 10.2 Å². The molecular weight excluding hydrogens is 292 g/mol. The predicted molar refractivity (Wildman–Crippen MR) is 85.6 cm³/mol. The SMILES string of the molecule is COc1cc(Nc2nc3ccc(C)cc3s2)ccc1Cl. The van der Waals surface area contributed by atoms with Crippen LogP contribution in [-0.2, 0) is 0 Å². The number of aromatic nitrogens is 1. The molecule has 1 N–H and O–H groups in total. The van der Waals surface area contributed by atoms with E-state index < -0.39 is 0 Å². The molecule has 0 aliphatic carbocycles. The zero-order valence-corrected chi connectivity index (χ0v) is 12.7. The van der Waals surface area contributed by atoms with E-state index >= 15 is 0 Å². The minimum Gasteiger partial charge on any atom is -0.495 e. The minimum absolute atomic E-state index is 0.595. The maximum absolute atomic E-state index is 6.02. The number of fused-ring (bicyclic) bond motifs is 1. The van der Waals surface area contributed by atoms with Crippen LogP contribution < -0.4 is 10.1 Å². The Kier molecular flexibility index (Phi) is 3.51. The first kappa shape index (κ1) is 13.2. The number of methoxy groups -OCH3 is 1. The summed E-state index contributed by atoms with van der Waals surface area (Å²) in [6.45, 7) is 2.08. The molecule has 0 bridgehead atoms. The minimum atomic E-state index is 0.595. The van der Waals surface area contributed by atoms with E-state index in [1.54, 1.807) is 24.5 Å². The third-order valence-electron chi connectivity index (χ3n) is 2.95. The largest absolute Gasteiger partial charge is 0.495 e. The fourth-order valence-electron chi connectivity index (χ4n) is 1.95. The van der Waals surface area contributed by atoms with Gasteiger partial charge in [-0.15, -0.1) is 0 Å². The Bertz CT molecular complexity index is 770. The molecular formula is C15H13ClN2OS. The van der Waals surface area contributed by atoms with Crippen molar-refractivity contribution in [1.82, 2.24) is 4.98 Å². The number of thiazole rings is 1. The average Bonchev–Trinajstić information content (AvgIpc) is 2.82. The van der Waals surface area contributed by atoms with Crippen molar-refractivity contribution >= 4 is 44.0 Å². The molecule has 3 rings (SSSR count). The Morgan fingerprint density at radius 3 is 2.85 bits per heavy atom. The Labute approximate surface area is 126 Å². The van der Waals surface area contributed by atoms with Gasteiger partial charge in [-0.25, -0.2) is 4.98 Å². The molecule has 0 spiro atoms. The lowest BCUT2D eigenvalue weighted by Gasteiger charge is -2.06. The van der Waals surface area contributed by atoms with Crippen LogP contribution in [0.2, 0.25) is 5.02 Å². The zero-order valence-electron chi connectivity index (χ0n) is 11.1. The number of ether oxygens (including phenoxy) is 1. The number of nitrogens with one attached hydrogen (secondary N) is 1. The first-order valence-corrected chi connectivity index (χ1v) is 7.33. The molecule has 20 heavy (non-hydrogen) atoms. The van der Waals surface area contributed by atoms with E-state index in [0.717, 1.165) is 16.3 Å². The maximum atomic E-state index is 6.02. The topological polar surface area (TPSA) is 34.1 Å². The van der Waals surface area contributed by atoms with Gasteiger partial charge < -0.3 is 10.1 Å². The highest BCUT2D eigenvalue weighted by Gasteiger charge is 2.06. The highest BCUT2D eigenvalue weighted by Crippen LogP contribution is 2.32. The summed E-state index contributed by atoms with van der Waals surface area (Å²) < 4.78 is 6.38. The smallest absolute Gasteiger partial charge is 0.188 e. The van der Waals surface area contributed by atoms with Crippen LogP contribution in [0, 0.1) is 6.92 Å². The number of anilines is 2. The van der Waals surface area contributed by atoms with Gasteiger partial charge in [0.15, 0.2) is 5.13 Å². The number of hydrogen-bond acceptors (Lipinski definition) is 4. The second kappa shape index (κ2) is 5.31. The van der Waals surface area contributed by atoms with E-state index in [2.05, 4.69) is 29.4 Å². The van der Waals surface area contributed by atoms with Crippen LogP contribution in [0.15, 0.2) is 36.4 Å². The standard InChI is InChI=1S/C15H13ClN2OS/c1-9-3-6-12-14(7-9)20-15(18-12)17-10-4-5-11(16)13(8-10)19-2/h3-8H,1-2H3,(H,17,18). The van der Waals surface area contributed by atoms with E-state index in [1.807, 2.05) is 18.2 Å². The summed E-state index contributed by atoms with van der Waals surface area (Å²) in [5, 5.41) is 4.74. The lowest BCUT2D eigenvalue weighted by molar-refractivity contribution is 0.415. The van der Waals surface area contributed by atoms with Gasteiger partial charge in [-0.05, 0) is 36.8 Å². The molecule has 5 heteroatoms. The first-order chi connectivity index (χ1) is 9.65. The molecule has 102 valence electrons. The van der Waals surface area contributed by atoms with Crippen molar-refractivity contribution in [2.75, 3.05) is 12.4 Å². The van der Waals surface area contributed by atoms with E-state index in [1.165, 1.54) is 10.3 Å². The molecule has 0 radical (unpaired) electrons. The number of rotatable bonds is 3. The fraction of sp³-hybridized carbons (Fsp3) is 0.133. The van der Waals surface area contributed by atoms with E-state index in [9.17, 15) is 0 Å². The van der Waals surface area contributed by atoms with Gasteiger partial charge in [-0.3, -0.25) is 0 Å². The Balaban J connectivity index is 1.92. The van der Waals surface area contributed by atoms with Crippen LogP contribution in [0.1, 0.15) is 5.56 Å². The summed E-state index contributed by atoms with van der Waals surface area (Å²) in [5.74, 6) is 0.647. The van der Waals surface area contributed by atoms with Gasteiger partial charge in [-0.2, -0.15) is 0 Å². The molecule has 0 saturated carbocycles. The first-order valence-electron chi connectivity index (χ1n) is 6.13. The average molecular weight is 305 g/mol. The predicted octanol–water partition coefficient (Wildman–Crippen LogP) is 5.01. The number of halogens is 1. The van der Waals surface area contributed by atoms with E-state index in [-0.39, 0.29) is 0 Å². The molecule has 0 saturated heterocycles. The summed E-state index contributed by atoms with van der Waals surface area (Å²) in [5.41, 5.74) is 3.15. The summed E-state index contributed by atoms with van der Waals surface area (Å²) in [4.78, 5) is 4.56. The fourth-order valence-corrected chi connectivity index (χ4v) is 3.13. The molecule has 0 aliphatic rings. The molecule has 3 aromatic rings. The lowest BCUT2D eigenvalue weighted by Crippen LogP contribution is -1.91. The molecule has 0 atom stereocenters. The molecule has 0 amide bonds. The molecule has 1 aromatic heterocycles. The van der Waals surface area contributed by atoms with Gasteiger partial charge in [0.1, 0.15) is 5.75 Å². The van der Waals surface area contributed by atoms with Crippen LogP contribution >= 0.6 is 22.9 Å². The molecule has 1 heterocycles. The number of aryl methyl sites for hydroxylation is 1. The van der Waals surface area contributed by atoms with Crippen molar-refractivity contribution in [1.29, 1.82) is 0 Å². The maximum Gasteiger partial charge on any atom is 0.188 e.